The SMILES string of the molecule is COc1cc(O)c2c(=O)c(O)c(-c3cc(OC)c(OC)c(OC)c3)oc2c1. The standard InChI is InChI=1S/C19H18O8/c1-23-10-7-11(20)15-12(8-10)27-18(17(22)16(15)21)9-5-13(24-2)19(26-4)14(6-9)25-3/h5-8,20,22H,1-4H3. The highest BCUT2D eigenvalue weighted by atomic mass is 16.5. The smallest absolute Gasteiger partial charge is 0.238 e. The molecule has 0 bridgehead atoms. The quantitative estimate of drug-likeness (QED) is 0.702. The molecule has 0 amide bonds. The van der Waals surface area contributed by atoms with Crippen molar-refractivity contribution in [2.45, 2.75) is 0 Å². The molecule has 0 saturated carbocycles. The largest absolute Gasteiger partial charge is 0.507 e. The molecule has 142 valence electrons. The molecule has 2 aromatic carbocycles. The molecule has 0 aliphatic rings. The first kappa shape index (κ1) is 18.2. The molecule has 1 heterocycles. The van der Waals surface area contributed by atoms with E-state index in [-0.39, 0.29) is 22.5 Å². The summed E-state index contributed by atoms with van der Waals surface area (Å²) in [5.74, 6) is 0.168. The Morgan fingerprint density at radius 1 is 0.852 bits per heavy atom. The van der Waals surface area contributed by atoms with Gasteiger partial charge in [-0.05, 0) is 12.1 Å². The topological polar surface area (TPSA) is 108 Å². The van der Waals surface area contributed by atoms with Crippen molar-refractivity contribution in [2.24, 2.45) is 0 Å². The van der Waals surface area contributed by atoms with Crippen molar-refractivity contribution in [3.8, 4) is 45.8 Å². The first-order valence-electron chi connectivity index (χ1n) is 7.82. The summed E-state index contributed by atoms with van der Waals surface area (Å²) in [5, 5.41) is 20.3. The van der Waals surface area contributed by atoms with E-state index in [1.165, 1.54) is 52.7 Å². The Kier molecular flexibility index (Phi) is 4.72. The maximum absolute atomic E-state index is 12.6. The normalized spacial score (nSPS) is 10.7. The number of rotatable bonds is 5. The lowest BCUT2D eigenvalue weighted by Crippen LogP contribution is -2.04. The number of ether oxygens (including phenoxy) is 4. The minimum absolute atomic E-state index is 0.0541. The maximum atomic E-state index is 12.6. The fourth-order valence-electron chi connectivity index (χ4n) is 2.79. The predicted octanol–water partition coefficient (Wildman–Crippen LogP) is 2.91. The molecule has 8 heteroatoms. The summed E-state index contributed by atoms with van der Waals surface area (Å²) in [6, 6.07) is 5.77. The van der Waals surface area contributed by atoms with E-state index in [9.17, 15) is 15.0 Å². The fraction of sp³-hybridized carbons (Fsp3) is 0.211. The minimum Gasteiger partial charge on any atom is -0.507 e. The molecule has 8 nitrogen and oxygen atoms in total. The van der Waals surface area contributed by atoms with Crippen molar-refractivity contribution in [3.05, 3.63) is 34.5 Å². The number of fused-ring (bicyclic) bond motifs is 1. The molecule has 0 atom stereocenters. The minimum atomic E-state index is -0.778. The second-order valence-electron chi connectivity index (χ2n) is 5.54. The van der Waals surface area contributed by atoms with Crippen molar-refractivity contribution in [1.29, 1.82) is 0 Å². The van der Waals surface area contributed by atoms with Crippen molar-refractivity contribution >= 4 is 11.0 Å². The number of benzene rings is 2. The van der Waals surface area contributed by atoms with E-state index >= 15 is 0 Å². The molecule has 0 radical (unpaired) electrons. The third kappa shape index (κ3) is 2.95. The van der Waals surface area contributed by atoms with E-state index in [0.29, 0.717) is 28.6 Å². The zero-order chi connectivity index (χ0) is 19.7. The second kappa shape index (κ2) is 6.99. The Bertz CT molecular complexity index is 1040. The zero-order valence-electron chi connectivity index (χ0n) is 15.2. The van der Waals surface area contributed by atoms with Crippen LogP contribution in [0.2, 0.25) is 0 Å². The average Bonchev–Trinajstić information content (AvgIpc) is 2.68. The molecule has 0 spiro atoms. The van der Waals surface area contributed by atoms with Gasteiger partial charge in [-0.1, -0.05) is 0 Å². The first-order valence-corrected chi connectivity index (χ1v) is 7.82. The summed E-state index contributed by atoms with van der Waals surface area (Å²) in [4.78, 5) is 12.6. The van der Waals surface area contributed by atoms with Gasteiger partial charge in [-0.3, -0.25) is 4.79 Å². The number of phenolic OH excluding ortho intramolecular Hbond substituents is 1. The lowest BCUT2D eigenvalue weighted by Gasteiger charge is -2.14. The van der Waals surface area contributed by atoms with Crippen LogP contribution < -0.4 is 24.4 Å². The lowest BCUT2D eigenvalue weighted by molar-refractivity contribution is 0.324. The van der Waals surface area contributed by atoms with Crippen molar-refractivity contribution in [3.63, 3.8) is 0 Å². The molecule has 2 N–H and O–H groups in total. The van der Waals surface area contributed by atoms with Gasteiger partial charge in [0.2, 0.25) is 16.9 Å². The average molecular weight is 374 g/mol. The molecular formula is C19H18O8. The maximum Gasteiger partial charge on any atom is 0.238 e. The molecular weight excluding hydrogens is 356 g/mol. The van der Waals surface area contributed by atoms with Crippen LogP contribution in [0.3, 0.4) is 0 Å². The third-order valence-electron chi connectivity index (χ3n) is 4.09. The van der Waals surface area contributed by atoms with Crippen molar-refractivity contribution in [2.75, 3.05) is 28.4 Å². The molecule has 3 aromatic rings. The fourth-order valence-corrected chi connectivity index (χ4v) is 2.79. The molecule has 0 aliphatic heterocycles. The van der Waals surface area contributed by atoms with Crippen LogP contribution in [0.5, 0.6) is 34.5 Å². The third-order valence-corrected chi connectivity index (χ3v) is 4.09. The highest BCUT2D eigenvalue weighted by Crippen LogP contribution is 2.43. The van der Waals surface area contributed by atoms with Gasteiger partial charge < -0.3 is 33.6 Å². The van der Waals surface area contributed by atoms with Gasteiger partial charge in [0.25, 0.3) is 0 Å². The summed E-state index contributed by atoms with van der Waals surface area (Å²) in [6.45, 7) is 0. The Labute approximate surface area is 154 Å². The zero-order valence-corrected chi connectivity index (χ0v) is 15.2. The second-order valence-corrected chi connectivity index (χ2v) is 5.54. The lowest BCUT2D eigenvalue weighted by atomic mass is 10.1. The van der Waals surface area contributed by atoms with Gasteiger partial charge in [0.05, 0.1) is 28.4 Å². The van der Waals surface area contributed by atoms with E-state index in [1.807, 2.05) is 0 Å². The van der Waals surface area contributed by atoms with Crippen molar-refractivity contribution in [1.82, 2.24) is 0 Å². The van der Waals surface area contributed by atoms with Gasteiger partial charge in [0.1, 0.15) is 22.5 Å². The predicted molar refractivity (Wildman–Crippen MR) is 97.5 cm³/mol. The van der Waals surface area contributed by atoms with Gasteiger partial charge in [-0.15, -0.1) is 0 Å². The summed E-state index contributed by atoms with van der Waals surface area (Å²) in [5.41, 5.74) is -0.401. The highest BCUT2D eigenvalue weighted by molar-refractivity contribution is 5.88. The Morgan fingerprint density at radius 3 is 2.00 bits per heavy atom. The van der Waals surface area contributed by atoms with Gasteiger partial charge in [-0.2, -0.15) is 0 Å². The van der Waals surface area contributed by atoms with Crippen LogP contribution in [-0.2, 0) is 0 Å². The molecule has 0 fully saturated rings. The van der Waals surface area contributed by atoms with Crippen LogP contribution >= 0.6 is 0 Å². The number of methoxy groups -OCH3 is 4. The summed E-state index contributed by atoms with van der Waals surface area (Å²) >= 11 is 0. The van der Waals surface area contributed by atoms with Crippen LogP contribution in [0.4, 0.5) is 0 Å². The van der Waals surface area contributed by atoms with Crippen molar-refractivity contribution < 1.29 is 33.6 Å². The van der Waals surface area contributed by atoms with Crippen LogP contribution in [0, 0.1) is 0 Å². The molecule has 0 unspecified atom stereocenters. The van der Waals surface area contributed by atoms with E-state index in [0.717, 1.165) is 0 Å². The number of aromatic hydroxyl groups is 2. The number of hydrogen-bond donors (Lipinski definition) is 2. The molecule has 3 rings (SSSR count). The van der Waals surface area contributed by atoms with Gasteiger partial charge >= 0.3 is 0 Å². The van der Waals surface area contributed by atoms with E-state index < -0.39 is 11.2 Å². The summed E-state index contributed by atoms with van der Waals surface area (Å²) < 4.78 is 26.6. The Balaban J connectivity index is 2.35. The van der Waals surface area contributed by atoms with Crippen LogP contribution in [0.1, 0.15) is 0 Å². The monoisotopic (exact) mass is 374 g/mol. The Hall–Kier alpha value is -3.55. The number of hydrogen-bond acceptors (Lipinski definition) is 8. The van der Waals surface area contributed by atoms with Crippen LogP contribution in [-0.4, -0.2) is 38.7 Å². The van der Waals surface area contributed by atoms with Crippen LogP contribution in [0.15, 0.2) is 33.5 Å². The molecule has 1 aromatic heterocycles. The van der Waals surface area contributed by atoms with E-state index in [2.05, 4.69) is 0 Å². The Morgan fingerprint density at radius 2 is 1.48 bits per heavy atom. The summed E-state index contributed by atoms with van der Waals surface area (Å²) in [6.07, 6.45) is 0. The van der Waals surface area contributed by atoms with Gasteiger partial charge in [0, 0.05) is 17.7 Å². The molecule has 0 aliphatic carbocycles. The number of phenols is 1. The van der Waals surface area contributed by atoms with Gasteiger partial charge in [-0.25, -0.2) is 0 Å². The van der Waals surface area contributed by atoms with E-state index in [4.69, 9.17) is 23.4 Å². The first-order chi connectivity index (χ1) is 12.9. The summed E-state index contributed by atoms with van der Waals surface area (Å²) in [7, 11) is 5.77. The van der Waals surface area contributed by atoms with E-state index in [1.54, 1.807) is 0 Å². The molecule has 0 saturated heterocycles. The van der Waals surface area contributed by atoms with Crippen LogP contribution in [0.25, 0.3) is 22.3 Å². The van der Waals surface area contributed by atoms with Gasteiger partial charge in [0.15, 0.2) is 17.3 Å². The molecule has 27 heavy (non-hydrogen) atoms. The highest BCUT2D eigenvalue weighted by Gasteiger charge is 2.22.